The molecular formula is C22H22N4O3S2. The highest BCUT2D eigenvalue weighted by Crippen LogP contribution is 2.32. The summed E-state index contributed by atoms with van der Waals surface area (Å²) < 4.78 is 25.7. The number of carbonyl (C=O) groups excluding carboxylic acids is 1. The van der Waals surface area contributed by atoms with Gasteiger partial charge in [-0.25, -0.2) is 8.42 Å². The van der Waals surface area contributed by atoms with Gasteiger partial charge < -0.3 is 10.3 Å². The average molecular weight is 455 g/mol. The Kier molecular flexibility index (Phi) is 5.15. The predicted octanol–water partition coefficient (Wildman–Crippen LogP) is 3.43. The number of hydrogen-bond acceptors (Lipinski definition) is 5. The number of thiophene rings is 1. The van der Waals surface area contributed by atoms with Gasteiger partial charge in [-0.2, -0.15) is 5.10 Å². The normalized spacial score (nSPS) is 17.9. The maximum Gasteiger partial charge on any atom is 0.271 e. The molecule has 0 radical (unpaired) electrons. The van der Waals surface area contributed by atoms with E-state index in [4.69, 9.17) is 0 Å². The van der Waals surface area contributed by atoms with Gasteiger partial charge in [0.15, 0.2) is 15.5 Å². The fourth-order valence-corrected chi connectivity index (χ4v) is 6.53. The first-order chi connectivity index (χ1) is 15.0. The van der Waals surface area contributed by atoms with Gasteiger partial charge in [0, 0.05) is 23.6 Å². The molecule has 4 heterocycles. The third-order valence-electron chi connectivity index (χ3n) is 5.65. The van der Waals surface area contributed by atoms with Crippen molar-refractivity contribution in [3.05, 3.63) is 65.3 Å². The number of benzene rings is 1. The quantitative estimate of drug-likeness (QED) is 0.466. The van der Waals surface area contributed by atoms with Gasteiger partial charge in [0.05, 0.1) is 28.1 Å². The van der Waals surface area contributed by atoms with Crippen molar-refractivity contribution in [2.75, 3.05) is 18.1 Å². The molecule has 0 saturated carbocycles. The van der Waals surface area contributed by atoms with Crippen molar-refractivity contribution in [2.24, 2.45) is 0 Å². The van der Waals surface area contributed by atoms with Crippen LogP contribution in [-0.2, 0) is 16.3 Å². The molecule has 0 unspecified atom stereocenters. The molecule has 1 aliphatic heterocycles. The Morgan fingerprint density at radius 1 is 1.26 bits per heavy atom. The zero-order valence-corrected chi connectivity index (χ0v) is 18.4. The molecule has 1 amide bonds. The lowest BCUT2D eigenvalue weighted by molar-refractivity contribution is 0.0948. The maximum absolute atomic E-state index is 12.8. The van der Waals surface area contributed by atoms with E-state index >= 15 is 0 Å². The number of hydrogen-bond donors (Lipinski definition) is 2. The molecule has 1 fully saturated rings. The second kappa shape index (κ2) is 7.97. The van der Waals surface area contributed by atoms with E-state index in [1.54, 1.807) is 22.1 Å². The highest BCUT2D eigenvalue weighted by Gasteiger charge is 2.32. The number of nitrogens with zero attached hydrogens (tertiary/aromatic N) is 2. The molecule has 1 aliphatic rings. The van der Waals surface area contributed by atoms with Crippen LogP contribution in [0.2, 0.25) is 0 Å². The van der Waals surface area contributed by atoms with Crippen LogP contribution in [0.1, 0.15) is 28.5 Å². The SMILES string of the molecule is O=C(NCCc1c[nH]c2ccccc12)c1cc(-c2cccs2)n([C@@H]2CCS(=O)(=O)C2)n1. The summed E-state index contributed by atoms with van der Waals surface area (Å²) in [6.45, 7) is 0.486. The molecule has 0 bridgehead atoms. The van der Waals surface area contributed by atoms with Crippen LogP contribution < -0.4 is 5.32 Å². The number of nitrogens with one attached hydrogen (secondary N) is 2. The van der Waals surface area contributed by atoms with E-state index in [9.17, 15) is 13.2 Å². The number of aromatic amines is 1. The Morgan fingerprint density at radius 2 is 2.13 bits per heavy atom. The van der Waals surface area contributed by atoms with Crippen molar-refractivity contribution in [3.63, 3.8) is 0 Å². The zero-order chi connectivity index (χ0) is 21.4. The second-order valence-corrected chi connectivity index (χ2v) is 10.9. The molecule has 7 nitrogen and oxygen atoms in total. The molecule has 1 aromatic carbocycles. The number of amides is 1. The summed E-state index contributed by atoms with van der Waals surface area (Å²) in [6.07, 6.45) is 3.19. The maximum atomic E-state index is 12.8. The summed E-state index contributed by atoms with van der Waals surface area (Å²) >= 11 is 1.55. The molecule has 4 aromatic rings. The molecule has 3 aromatic heterocycles. The summed E-state index contributed by atoms with van der Waals surface area (Å²) in [5, 5.41) is 10.6. The van der Waals surface area contributed by atoms with E-state index in [0.29, 0.717) is 25.1 Å². The summed E-state index contributed by atoms with van der Waals surface area (Å²) in [6, 6.07) is 13.5. The molecular weight excluding hydrogens is 432 g/mol. The van der Waals surface area contributed by atoms with Crippen molar-refractivity contribution in [1.82, 2.24) is 20.1 Å². The summed E-state index contributed by atoms with van der Waals surface area (Å²) in [7, 11) is -3.06. The third kappa shape index (κ3) is 4.03. The molecule has 0 aliphatic carbocycles. The number of aromatic nitrogens is 3. The predicted molar refractivity (Wildman–Crippen MR) is 122 cm³/mol. The van der Waals surface area contributed by atoms with Crippen molar-refractivity contribution < 1.29 is 13.2 Å². The van der Waals surface area contributed by atoms with Gasteiger partial charge in [-0.1, -0.05) is 24.3 Å². The zero-order valence-electron chi connectivity index (χ0n) is 16.7. The molecule has 1 atom stereocenters. The minimum atomic E-state index is -3.06. The molecule has 2 N–H and O–H groups in total. The van der Waals surface area contributed by atoms with Gasteiger partial charge in [0.25, 0.3) is 5.91 Å². The largest absolute Gasteiger partial charge is 0.361 e. The Bertz CT molecular complexity index is 1340. The minimum Gasteiger partial charge on any atom is -0.361 e. The Balaban J connectivity index is 1.33. The Morgan fingerprint density at radius 3 is 2.90 bits per heavy atom. The molecule has 160 valence electrons. The van der Waals surface area contributed by atoms with Crippen molar-refractivity contribution >= 4 is 38.0 Å². The van der Waals surface area contributed by atoms with Crippen molar-refractivity contribution in [2.45, 2.75) is 18.9 Å². The van der Waals surface area contributed by atoms with Crippen LogP contribution >= 0.6 is 11.3 Å². The van der Waals surface area contributed by atoms with Crippen LogP contribution in [0.15, 0.2) is 54.0 Å². The Labute approximate surface area is 184 Å². The van der Waals surface area contributed by atoms with E-state index < -0.39 is 9.84 Å². The first-order valence-corrected chi connectivity index (χ1v) is 12.9. The first-order valence-electron chi connectivity index (χ1n) is 10.2. The molecule has 31 heavy (non-hydrogen) atoms. The standard InChI is InChI=1S/C22H22N4O3S2/c27-22(23-9-7-15-13-24-18-5-2-1-4-17(15)18)19-12-20(21-6-3-10-30-21)26(25-19)16-8-11-31(28,29)14-16/h1-6,10,12-13,16,24H,7-9,11,14H2,(H,23,27)/t16-/m1/s1. The van der Waals surface area contributed by atoms with Gasteiger partial charge in [-0.05, 0) is 42.0 Å². The smallest absolute Gasteiger partial charge is 0.271 e. The fraction of sp³-hybridized carbons (Fsp3) is 0.273. The molecule has 1 saturated heterocycles. The number of sulfone groups is 1. The minimum absolute atomic E-state index is 0.0642. The van der Waals surface area contributed by atoms with Gasteiger partial charge >= 0.3 is 0 Å². The molecule has 0 spiro atoms. The lowest BCUT2D eigenvalue weighted by Crippen LogP contribution is -2.26. The summed E-state index contributed by atoms with van der Waals surface area (Å²) in [5.41, 5.74) is 3.33. The first kappa shape index (κ1) is 20.0. The number of fused-ring (bicyclic) bond motifs is 1. The number of rotatable bonds is 6. The molecule has 5 rings (SSSR count). The van der Waals surface area contributed by atoms with E-state index in [2.05, 4.69) is 21.5 Å². The van der Waals surface area contributed by atoms with Gasteiger partial charge in [0.2, 0.25) is 0 Å². The van der Waals surface area contributed by atoms with Gasteiger partial charge in [-0.15, -0.1) is 11.3 Å². The highest BCUT2D eigenvalue weighted by atomic mass is 32.2. The highest BCUT2D eigenvalue weighted by molar-refractivity contribution is 7.91. The van der Waals surface area contributed by atoms with Crippen LogP contribution in [0, 0.1) is 0 Å². The van der Waals surface area contributed by atoms with Crippen LogP contribution in [0.25, 0.3) is 21.5 Å². The van der Waals surface area contributed by atoms with Crippen molar-refractivity contribution in [1.29, 1.82) is 0 Å². The Hall–Kier alpha value is -2.91. The summed E-state index contributed by atoms with van der Waals surface area (Å²) in [5.74, 6) is -0.0281. The lowest BCUT2D eigenvalue weighted by atomic mass is 10.1. The monoisotopic (exact) mass is 454 g/mol. The van der Waals surface area contributed by atoms with E-state index in [0.717, 1.165) is 27.0 Å². The van der Waals surface area contributed by atoms with Crippen molar-refractivity contribution in [3.8, 4) is 10.6 Å². The number of H-pyrrole nitrogens is 1. The van der Waals surface area contributed by atoms with Gasteiger partial charge in [0.1, 0.15) is 0 Å². The van der Waals surface area contributed by atoms with Crippen LogP contribution in [0.4, 0.5) is 0 Å². The average Bonchev–Trinajstić information content (AvgIpc) is 3.53. The topological polar surface area (TPSA) is 96.9 Å². The van der Waals surface area contributed by atoms with Crippen LogP contribution in [-0.4, -0.2) is 47.1 Å². The van der Waals surface area contributed by atoms with Crippen LogP contribution in [0.3, 0.4) is 0 Å². The van der Waals surface area contributed by atoms with E-state index in [1.807, 2.05) is 41.9 Å². The van der Waals surface area contributed by atoms with E-state index in [1.165, 1.54) is 0 Å². The molecule has 9 heteroatoms. The summed E-state index contributed by atoms with van der Waals surface area (Å²) in [4.78, 5) is 17.0. The van der Waals surface area contributed by atoms with E-state index in [-0.39, 0.29) is 23.5 Å². The number of para-hydroxylation sites is 1. The number of carbonyl (C=O) groups is 1. The third-order valence-corrected chi connectivity index (χ3v) is 8.29. The second-order valence-electron chi connectivity index (χ2n) is 7.76. The fourth-order valence-electron chi connectivity index (χ4n) is 4.10. The van der Waals surface area contributed by atoms with Crippen LogP contribution in [0.5, 0.6) is 0 Å². The van der Waals surface area contributed by atoms with Gasteiger partial charge in [-0.3, -0.25) is 9.48 Å². The lowest BCUT2D eigenvalue weighted by Gasteiger charge is -2.12.